The van der Waals surface area contributed by atoms with Crippen molar-refractivity contribution in [2.45, 2.75) is 122 Å². The minimum Gasteiger partial charge on any atom is -0.748 e. The Balaban J connectivity index is 0. The zero-order valence-electron chi connectivity index (χ0n) is 16.8. The van der Waals surface area contributed by atoms with Gasteiger partial charge in [0.05, 0.1) is 16.2 Å². The third-order valence-corrected chi connectivity index (χ3v) is 5.97. The Morgan fingerprint density at radius 2 is 1.12 bits per heavy atom. The molecule has 0 aliphatic heterocycles. The summed E-state index contributed by atoms with van der Waals surface area (Å²) in [5.74, 6) is 0. The van der Waals surface area contributed by atoms with Gasteiger partial charge in [-0.2, -0.15) is 0 Å². The van der Waals surface area contributed by atoms with Gasteiger partial charge in [0.2, 0.25) is 0 Å². The van der Waals surface area contributed by atoms with Crippen LogP contribution in [0.5, 0.6) is 0 Å². The van der Waals surface area contributed by atoms with Crippen molar-refractivity contribution in [3.05, 3.63) is 0 Å². The molecular formula is C19H39KO4S. The van der Waals surface area contributed by atoms with E-state index in [0.29, 0.717) is 12.8 Å². The number of unbranched alkanes of at least 4 members (excludes halogenated alkanes) is 10. The maximum absolute atomic E-state index is 11.3. The van der Waals surface area contributed by atoms with Gasteiger partial charge in [-0.05, 0) is 26.2 Å². The molecule has 4 nitrogen and oxygen atoms in total. The van der Waals surface area contributed by atoms with Crippen LogP contribution in [-0.4, -0.2) is 29.4 Å². The van der Waals surface area contributed by atoms with Crippen molar-refractivity contribution < 1.29 is 69.5 Å². The number of hydrogen-bond donors (Lipinski definition) is 1. The normalized spacial score (nSPS) is 14.1. The van der Waals surface area contributed by atoms with Gasteiger partial charge >= 0.3 is 51.4 Å². The predicted molar refractivity (Wildman–Crippen MR) is 100 cm³/mol. The first-order chi connectivity index (χ1) is 11.4. The minimum atomic E-state index is -4.14. The van der Waals surface area contributed by atoms with E-state index in [1.165, 1.54) is 25.7 Å². The van der Waals surface area contributed by atoms with E-state index in [4.69, 9.17) is 5.11 Å². The molecule has 0 heterocycles. The predicted octanol–water partition coefficient (Wildman–Crippen LogP) is 2.16. The second-order valence-electron chi connectivity index (χ2n) is 7.22. The largest absolute Gasteiger partial charge is 1.00 e. The molecule has 0 rings (SSSR count). The molecule has 0 radical (unpaired) electrons. The van der Waals surface area contributed by atoms with Crippen LogP contribution in [0.3, 0.4) is 0 Å². The molecule has 25 heavy (non-hydrogen) atoms. The fraction of sp³-hybridized carbons (Fsp3) is 1.00. The Kier molecular flexibility index (Phi) is 21.7. The molecule has 146 valence electrons. The zero-order valence-corrected chi connectivity index (χ0v) is 20.8. The van der Waals surface area contributed by atoms with E-state index in [1.54, 1.807) is 0 Å². The van der Waals surface area contributed by atoms with Crippen molar-refractivity contribution in [1.29, 1.82) is 0 Å². The van der Waals surface area contributed by atoms with Crippen molar-refractivity contribution in [2.75, 3.05) is 0 Å². The Labute approximate surface area is 199 Å². The van der Waals surface area contributed by atoms with E-state index < -0.39 is 15.4 Å². The summed E-state index contributed by atoms with van der Waals surface area (Å²) in [5.41, 5.74) is 0. The summed E-state index contributed by atoms with van der Waals surface area (Å²) in [4.78, 5) is 0. The average molecular weight is 403 g/mol. The van der Waals surface area contributed by atoms with Gasteiger partial charge in [0, 0.05) is 5.25 Å². The van der Waals surface area contributed by atoms with E-state index in [0.717, 1.165) is 57.8 Å². The molecule has 0 spiro atoms. The number of aliphatic hydroxyl groups is 1. The molecule has 0 aromatic heterocycles. The van der Waals surface area contributed by atoms with Crippen LogP contribution >= 0.6 is 0 Å². The van der Waals surface area contributed by atoms with Crippen LogP contribution < -0.4 is 51.4 Å². The second-order valence-corrected chi connectivity index (χ2v) is 8.87. The first-order valence-corrected chi connectivity index (χ1v) is 11.5. The molecule has 0 aliphatic rings. The molecule has 0 aliphatic carbocycles. The quantitative estimate of drug-likeness (QED) is 0.230. The van der Waals surface area contributed by atoms with Gasteiger partial charge in [-0.25, -0.2) is 8.42 Å². The fourth-order valence-corrected chi connectivity index (χ4v) is 4.01. The molecule has 0 aromatic rings. The first-order valence-electron chi connectivity index (χ1n) is 10.0. The van der Waals surface area contributed by atoms with Crippen LogP contribution in [-0.2, 0) is 10.1 Å². The minimum absolute atomic E-state index is 0. The van der Waals surface area contributed by atoms with Crippen molar-refractivity contribution in [3.8, 4) is 0 Å². The Morgan fingerprint density at radius 3 is 1.48 bits per heavy atom. The third-order valence-electron chi connectivity index (χ3n) is 4.69. The van der Waals surface area contributed by atoms with E-state index in [9.17, 15) is 13.0 Å². The maximum Gasteiger partial charge on any atom is 1.00 e. The monoisotopic (exact) mass is 402 g/mol. The molecule has 6 heteroatoms. The van der Waals surface area contributed by atoms with Crippen molar-refractivity contribution in [2.24, 2.45) is 0 Å². The molecule has 2 atom stereocenters. The molecule has 0 amide bonds. The van der Waals surface area contributed by atoms with E-state index in [-0.39, 0.29) is 57.5 Å². The summed E-state index contributed by atoms with van der Waals surface area (Å²) in [6, 6.07) is 0. The molecule has 0 saturated carbocycles. The third kappa shape index (κ3) is 20.1. The molecule has 0 fully saturated rings. The zero-order chi connectivity index (χ0) is 18.3. The SMILES string of the molecule is CCCCCCC(CCCCCCCCCCC(C)O)S(=O)(=O)[O-].[K+]. The number of hydrogen-bond acceptors (Lipinski definition) is 4. The summed E-state index contributed by atoms with van der Waals surface area (Å²) in [5, 5.41) is 8.50. The smallest absolute Gasteiger partial charge is 0.748 e. The van der Waals surface area contributed by atoms with Crippen LogP contribution in [0.2, 0.25) is 0 Å². The van der Waals surface area contributed by atoms with Gasteiger partial charge in [-0.3, -0.25) is 0 Å². The Bertz CT molecular complexity index is 372. The van der Waals surface area contributed by atoms with Gasteiger partial charge in [0.1, 0.15) is 0 Å². The van der Waals surface area contributed by atoms with Crippen molar-refractivity contribution in [3.63, 3.8) is 0 Å². The molecule has 0 bridgehead atoms. The summed E-state index contributed by atoms with van der Waals surface area (Å²) in [7, 11) is -4.14. The summed E-state index contributed by atoms with van der Waals surface area (Å²) < 4.78 is 34.0. The van der Waals surface area contributed by atoms with Gasteiger partial charge in [-0.15, -0.1) is 0 Å². The van der Waals surface area contributed by atoms with Crippen LogP contribution in [0.25, 0.3) is 0 Å². The fourth-order valence-electron chi connectivity index (χ4n) is 3.10. The van der Waals surface area contributed by atoms with E-state index >= 15 is 0 Å². The Morgan fingerprint density at radius 1 is 0.760 bits per heavy atom. The van der Waals surface area contributed by atoms with Crippen molar-refractivity contribution >= 4 is 10.1 Å². The summed E-state index contributed by atoms with van der Waals surface area (Å²) in [6.07, 6.45) is 14.8. The average Bonchev–Trinajstić information content (AvgIpc) is 2.49. The summed E-state index contributed by atoms with van der Waals surface area (Å²) >= 11 is 0. The molecule has 2 unspecified atom stereocenters. The number of aliphatic hydroxyl groups excluding tert-OH is 1. The van der Waals surface area contributed by atoms with Crippen LogP contribution in [0.15, 0.2) is 0 Å². The van der Waals surface area contributed by atoms with Gasteiger partial charge in [-0.1, -0.05) is 84.0 Å². The van der Waals surface area contributed by atoms with Crippen LogP contribution in [0.4, 0.5) is 0 Å². The first kappa shape index (κ1) is 28.7. The van der Waals surface area contributed by atoms with Crippen LogP contribution in [0, 0.1) is 0 Å². The maximum atomic E-state index is 11.3. The standard InChI is InChI=1S/C19H40O4S.K/c1-3-4-5-13-16-19(24(21,22)23)17-14-11-9-7-6-8-10-12-15-18(2)20;/h18-20H,3-17H2,1-2H3,(H,21,22,23);/q;+1/p-1. The molecule has 0 aromatic carbocycles. The van der Waals surface area contributed by atoms with E-state index in [1.807, 2.05) is 6.92 Å². The number of rotatable bonds is 17. The second kappa shape index (κ2) is 18.9. The van der Waals surface area contributed by atoms with Crippen molar-refractivity contribution in [1.82, 2.24) is 0 Å². The van der Waals surface area contributed by atoms with E-state index in [2.05, 4.69) is 6.92 Å². The Hall–Kier alpha value is 1.51. The molecule has 1 N–H and O–H groups in total. The van der Waals surface area contributed by atoms with Gasteiger partial charge in [0.25, 0.3) is 0 Å². The van der Waals surface area contributed by atoms with Gasteiger partial charge < -0.3 is 9.66 Å². The topological polar surface area (TPSA) is 77.4 Å². The van der Waals surface area contributed by atoms with Gasteiger partial charge in [0.15, 0.2) is 0 Å². The summed E-state index contributed by atoms with van der Waals surface area (Å²) in [6.45, 7) is 3.95. The molecular weight excluding hydrogens is 363 g/mol. The molecule has 0 saturated heterocycles. The van der Waals surface area contributed by atoms with Crippen LogP contribution in [0.1, 0.15) is 110 Å².